The molecule has 1 aliphatic heterocycles. The third-order valence-corrected chi connectivity index (χ3v) is 4.80. The summed E-state index contributed by atoms with van der Waals surface area (Å²) in [6, 6.07) is 1.71. The van der Waals surface area contributed by atoms with Crippen LogP contribution in [0.2, 0.25) is 0 Å². The van der Waals surface area contributed by atoms with Gasteiger partial charge in [-0.1, -0.05) is 0 Å². The molecule has 1 aliphatic rings. The Kier molecular flexibility index (Phi) is 5.78. The molecule has 1 fully saturated rings. The minimum Gasteiger partial charge on any atom is -0.379 e. The number of aryl methyl sites for hydroxylation is 1. The Labute approximate surface area is 175 Å². The number of aromatic nitrogens is 5. The summed E-state index contributed by atoms with van der Waals surface area (Å²) >= 11 is 0. The number of hydrogen-bond donors (Lipinski definition) is 2. The number of alkyl halides is 3. The fraction of sp³-hybridized carbons (Fsp3) is 0.444. The first kappa shape index (κ1) is 21.1. The molecule has 0 spiro atoms. The second-order valence-electron chi connectivity index (χ2n) is 7.04. The summed E-state index contributed by atoms with van der Waals surface area (Å²) in [5.41, 5.74) is -1.32. The molecule has 10 nitrogen and oxygen atoms in total. The number of nitrogens with one attached hydrogen (secondary N) is 2. The molecule has 13 heteroatoms. The maximum absolute atomic E-state index is 13.1. The maximum atomic E-state index is 13.1. The van der Waals surface area contributed by atoms with Crippen LogP contribution in [0, 0.1) is 0 Å². The standard InChI is InChI=1S/C18H21F3N8O2/c1-27-11-13(15(26-27)18(19,20)21)24-17(30)12-10-23-29-4-2-14(25-16(12)29)22-3-5-28-6-8-31-9-7-28/h2,4,10-11H,3,5-9H2,1H3,(H,22,25)(H,24,30). The van der Waals surface area contributed by atoms with Gasteiger partial charge in [0.05, 0.1) is 25.1 Å². The summed E-state index contributed by atoms with van der Waals surface area (Å²) in [5, 5.41) is 12.9. The highest BCUT2D eigenvalue weighted by atomic mass is 19.4. The van der Waals surface area contributed by atoms with Crippen LogP contribution in [0.5, 0.6) is 0 Å². The van der Waals surface area contributed by atoms with Crippen LogP contribution >= 0.6 is 0 Å². The van der Waals surface area contributed by atoms with Crippen LogP contribution in [0.3, 0.4) is 0 Å². The van der Waals surface area contributed by atoms with Gasteiger partial charge in [0.25, 0.3) is 5.91 Å². The highest BCUT2D eigenvalue weighted by Gasteiger charge is 2.37. The molecule has 0 saturated carbocycles. The van der Waals surface area contributed by atoms with Crippen molar-refractivity contribution in [1.29, 1.82) is 0 Å². The Morgan fingerprint density at radius 3 is 2.81 bits per heavy atom. The quantitative estimate of drug-likeness (QED) is 0.601. The van der Waals surface area contributed by atoms with Gasteiger partial charge in [0.2, 0.25) is 0 Å². The van der Waals surface area contributed by atoms with E-state index in [2.05, 4.69) is 30.7 Å². The van der Waals surface area contributed by atoms with Gasteiger partial charge in [-0.25, -0.2) is 9.50 Å². The smallest absolute Gasteiger partial charge is 0.379 e. The van der Waals surface area contributed by atoms with Crippen molar-refractivity contribution in [1.82, 2.24) is 29.3 Å². The first-order chi connectivity index (χ1) is 14.8. The van der Waals surface area contributed by atoms with Crippen molar-refractivity contribution in [3.05, 3.63) is 35.9 Å². The predicted molar refractivity (Wildman–Crippen MR) is 105 cm³/mol. The summed E-state index contributed by atoms with van der Waals surface area (Å²) in [4.78, 5) is 19.3. The van der Waals surface area contributed by atoms with Crippen molar-refractivity contribution >= 4 is 23.1 Å². The van der Waals surface area contributed by atoms with Crippen LogP contribution in [0.15, 0.2) is 24.7 Å². The van der Waals surface area contributed by atoms with Crippen molar-refractivity contribution < 1.29 is 22.7 Å². The molecule has 1 amide bonds. The maximum Gasteiger partial charge on any atom is 0.437 e. The Morgan fingerprint density at radius 1 is 1.29 bits per heavy atom. The average molecular weight is 438 g/mol. The van der Waals surface area contributed by atoms with E-state index >= 15 is 0 Å². The highest BCUT2D eigenvalue weighted by molar-refractivity contribution is 6.08. The monoisotopic (exact) mass is 438 g/mol. The number of anilines is 2. The van der Waals surface area contributed by atoms with Gasteiger partial charge < -0.3 is 15.4 Å². The lowest BCUT2D eigenvalue weighted by Crippen LogP contribution is -2.39. The molecule has 166 valence electrons. The number of nitrogens with zero attached hydrogens (tertiary/aromatic N) is 6. The summed E-state index contributed by atoms with van der Waals surface area (Å²) in [6.07, 6.45) is -0.709. The Hall–Kier alpha value is -3.19. The molecule has 0 radical (unpaired) electrons. The minimum atomic E-state index is -4.69. The zero-order valence-electron chi connectivity index (χ0n) is 16.7. The van der Waals surface area contributed by atoms with Crippen LogP contribution in [0.1, 0.15) is 16.1 Å². The van der Waals surface area contributed by atoms with Crippen LogP contribution in [-0.2, 0) is 18.0 Å². The molecule has 0 atom stereocenters. The largest absolute Gasteiger partial charge is 0.437 e. The topological polar surface area (TPSA) is 102 Å². The summed E-state index contributed by atoms with van der Waals surface area (Å²) < 4.78 is 47.1. The first-order valence-corrected chi connectivity index (χ1v) is 9.62. The van der Waals surface area contributed by atoms with Gasteiger partial charge in [-0.3, -0.25) is 14.4 Å². The number of carbonyl (C=O) groups is 1. The van der Waals surface area contributed by atoms with E-state index in [1.807, 2.05) is 0 Å². The van der Waals surface area contributed by atoms with E-state index in [0.29, 0.717) is 25.6 Å². The molecular formula is C18H21F3N8O2. The number of morpholine rings is 1. The lowest BCUT2D eigenvalue weighted by Gasteiger charge is -2.26. The zero-order chi connectivity index (χ0) is 22.0. The average Bonchev–Trinajstić information content (AvgIpc) is 3.31. The van der Waals surface area contributed by atoms with Crippen LogP contribution in [0.25, 0.3) is 5.65 Å². The van der Waals surface area contributed by atoms with Gasteiger partial charge in [-0.05, 0) is 6.07 Å². The molecule has 1 saturated heterocycles. The predicted octanol–water partition coefficient (Wildman–Crippen LogP) is 1.48. The number of ether oxygens (including phenoxy) is 1. The molecule has 0 unspecified atom stereocenters. The van der Waals surface area contributed by atoms with Gasteiger partial charge in [-0.2, -0.15) is 23.4 Å². The fourth-order valence-electron chi connectivity index (χ4n) is 3.27. The van der Waals surface area contributed by atoms with E-state index < -0.39 is 23.5 Å². The first-order valence-electron chi connectivity index (χ1n) is 9.62. The minimum absolute atomic E-state index is 0.0498. The molecule has 4 heterocycles. The lowest BCUT2D eigenvalue weighted by molar-refractivity contribution is -0.140. The Balaban J connectivity index is 1.48. The van der Waals surface area contributed by atoms with E-state index in [4.69, 9.17) is 4.74 Å². The van der Waals surface area contributed by atoms with E-state index in [0.717, 1.165) is 30.5 Å². The van der Waals surface area contributed by atoms with Crippen molar-refractivity contribution in [3.8, 4) is 0 Å². The number of fused-ring (bicyclic) bond motifs is 1. The van der Waals surface area contributed by atoms with Crippen molar-refractivity contribution in [2.45, 2.75) is 6.18 Å². The van der Waals surface area contributed by atoms with Crippen molar-refractivity contribution in [2.75, 3.05) is 50.0 Å². The molecule has 31 heavy (non-hydrogen) atoms. The molecule has 0 aliphatic carbocycles. The molecule has 0 bridgehead atoms. The van der Waals surface area contributed by atoms with Crippen molar-refractivity contribution in [2.24, 2.45) is 7.05 Å². The Bertz CT molecular complexity index is 1070. The summed E-state index contributed by atoms with van der Waals surface area (Å²) in [5.74, 6) is -0.223. The number of halogens is 3. The highest BCUT2D eigenvalue weighted by Crippen LogP contribution is 2.33. The SMILES string of the molecule is Cn1cc(NC(=O)c2cnn3ccc(NCCN4CCOCC4)nc23)c(C(F)(F)F)n1. The number of hydrogen-bond acceptors (Lipinski definition) is 7. The number of rotatable bonds is 6. The molecule has 2 N–H and O–H groups in total. The summed E-state index contributed by atoms with van der Waals surface area (Å²) in [7, 11) is 1.34. The normalized spacial score (nSPS) is 15.4. The lowest BCUT2D eigenvalue weighted by atomic mass is 10.3. The molecule has 3 aromatic heterocycles. The second-order valence-corrected chi connectivity index (χ2v) is 7.04. The molecule has 3 aromatic rings. The van der Waals surface area contributed by atoms with Gasteiger partial charge in [0, 0.05) is 45.6 Å². The number of carbonyl (C=O) groups excluding carboxylic acids is 1. The third-order valence-electron chi connectivity index (χ3n) is 4.80. The van der Waals surface area contributed by atoms with Gasteiger partial charge in [-0.15, -0.1) is 0 Å². The van der Waals surface area contributed by atoms with E-state index in [1.165, 1.54) is 17.8 Å². The zero-order valence-corrected chi connectivity index (χ0v) is 16.7. The van der Waals surface area contributed by atoms with Gasteiger partial charge in [0.1, 0.15) is 11.4 Å². The number of amides is 1. The molecular weight excluding hydrogens is 417 g/mol. The second kappa shape index (κ2) is 8.51. The van der Waals surface area contributed by atoms with Gasteiger partial charge >= 0.3 is 6.18 Å². The van der Waals surface area contributed by atoms with Crippen molar-refractivity contribution in [3.63, 3.8) is 0 Å². The van der Waals surface area contributed by atoms with Crippen LogP contribution in [0.4, 0.5) is 24.7 Å². The fourth-order valence-corrected chi connectivity index (χ4v) is 3.27. The van der Waals surface area contributed by atoms with E-state index in [-0.39, 0.29) is 11.2 Å². The Morgan fingerprint density at radius 2 is 2.06 bits per heavy atom. The van der Waals surface area contributed by atoms with E-state index in [1.54, 1.807) is 12.3 Å². The summed E-state index contributed by atoms with van der Waals surface area (Å²) in [6.45, 7) is 4.62. The van der Waals surface area contributed by atoms with E-state index in [9.17, 15) is 18.0 Å². The van der Waals surface area contributed by atoms with Crippen LogP contribution < -0.4 is 10.6 Å². The molecule has 4 rings (SSSR count). The van der Waals surface area contributed by atoms with Crippen LogP contribution in [-0.4, -0.2) is 74.6 Å². The third kappa shape index (κ3) is 4.77. The molecule has 0 aromatic carbocycles. The van der Waals surface area contributed by atoms with Gasteiger partial charge in [0.15, 0.2) is 11.3 Å².